The number of benzene rings is 1. The van der Waals surface area contributed by atoms with Crippen LogP contribution in [0.3, 0.4) is 0 Å². The van der Waals surface area contributed by atoms with E-state index in [0.717, 1.165) is 29.7 Å². The maximum Gasteiger partial charge on any atom is 0.271 e. The fourth-order valence-electron chi connectivity index (χ4n) is 3.88. The molecule has 0 saturated carbocycles. The van der Waals surface area contributed by atoms with Crippen LogP contribution in [0.4, 0.5) is 11.4 Å². The average molecular weight is 426 g/mol. The zero-order valence-electron chi connectivity index (χ0n) is 17.0. The summed E-state index contributed by atoms with van der Waals surface area (Å²) in [6.07, 6.45) is 2.88. The lowest BCUT2D eigenvalue weighted by Gasteiger charge is -2.15. The highest BCUT2D eigenvalue weighted by atomic mass is 32.1. The van der Waals surface area contributed by atoms with Crippen LogP contribution in [0.5, 0.6) is 0 Å². The molecule has 4 rings (SSSR count). The maximum absolute atomic E-state index is 13.3. The van der Waals surface area contributed by atoms with Crippen LogP contribution in [0.2, 0.25) is 0 Å². The highest BCUT2D eigenvalue weighted by Crippen LogP contribution is 2.35. The Kier molecular flexibility index (Phi) is 5.15. The molecule has 0 radical (unpaired) electrons. The monoisotopic (exact) mass is 426 g/mol. The van der Waals surface area contributed by atoms with Crippen LogP contribution in [0.1, 0.15) is 48.0 Å². The number of hydrogen-bond acceptors (Lipinski definition) is 6. The predicted octanol–water partition coefficient (Wildman–Crippen LogP) is 3.93. The number of fused-ring (bicyclic) bond motifs is 3. The molecule has 0 aliphatic heterocycles. The Balaban J connectivity index is 1.71. The molecule has 8 nitrogen and oxygen atoms in total. The summed E-state index contributed by atoms with van der Waals surface area (Å²) >= 11 is 1.58. The Bertz CT molecular complexity index is 1240. The highest BCUT2D eigenvalue weighted by molar-refractivity contribution is 7.18. The quantitative estimate of drug-likeness (QED) is 0.491. The number of thiophene rings is 1. The van der Waals surface area contributed by atoms with E-state index in [0.29, 0.717) is 22.5 Å². The standard InChI is InChI=1S/C21H22N4O4S/c1-11(2)19-23-20-18(14-5-4-6-16(14)30-20)21(27)24(19)10-17(26)22-15-9-13(25(28)29)8-7-12(15)3/h7-9,11H,4-6,10H2,1-3H3,(H,22,26). The number of aryl methyl sites for hydroxylation is 3. The third-order valence-electron chi connectivity index (χ3n) is 5.38. The molecule has 0 unspecified atom stereocenters. The number of carbonyl (C=O) groups excluding carboxylic acids is 1. The summed E-state index contributed by atoms with van der Waals surface area (Å²) in [7, 11) is 0. The summed E-state index contributed by atoms with van der Waals surface area (Å²) in [5.41, 5.74) is 1.85. The molecular weight excluding hydrogens is 404 g/mol. The molecular formula is C21H22N4O4S. The van der Waals surface area contributed by atoms with E-state index in [2.05, 4.69) is 5.32 Å². The van der Waals surface area contributed by atoms with Gasteiger partial charge in [-0.05, 0) is 37.3 Å². The van der Waals surface area contributed by atoms with Gasteiger partial charge >= 0.3 is 0 Å². The minimum atomic E-state index is -0.508. The summed E-state index contributed by atoms with van der Waals surface area (Å²) < 4.78 is 1.44. The molecule has 0 bridgehead atoms. The second-order valence-electron chi connectivity index (χ2n) is 7.86. The van der Waals surface area contributed by atoms with Crippen molar-refractivity contribution in [2.24, 2.45) is 0 Å². The molecule has 9 heteroatoms. The van der Waals surface area contributed by atoms with Crippen molar-refractivity contribution in [2.75, 3.05) is 5.32 Å². The number of aromatic nitrogens is 2. The van der Waals surface area contributed by atoms with Crippen molar-refractivity contribution in [1.82, 2.24) is 9.55 Å². The second kappa shape index (κ2) is 7.64. The molecule has 0 spiro atoms. The SMILES string of the molecule is Cc1ccc([N+](=O)[O-])cc1NC(=O)Cn1c(C(C)C)nc2sc3c(c2c1=O)CCC3. The van der Waals surface area contributed by atoms with Crippen LogP contribution in [0.25, 0.3) is 10.2 Å². The topological polar surface area (TPSA) is 107 Å². The first-order valence-electron chi connectivity index (χ1n) is 9.86. The smallest absolute Gasteiger partial charge is 0.271 e. The van der Waals surface area contributed by atoms with Gasteiger partial charge < -0.3 is 5.32 Å². The fraction of sp³-hybridized carbons (Fsp3) is 0.381. The van der Waals surface area contributed by atoms with Crippen LogP contribution < -0.4 is 10.9 Å². The minimum absolute atomic E-state index is 0.0358. The number of nitrogens with one attached hydrogen (secondary N) is 1. The number of nitro groups is 1. The van der Waals surface area contributed by atoms with Crippen LogP contribution in [-0.2, 0) is 24.2 Å². The van der Waals surface area contributed by atoms with Gasteiger partial charge in [-0.15, -0.1) is 11.3 Å². The molecule has 1 N–H and O–H groups in total. The van der Waals surface area contributed by atoms with Crippen LogP contribution in [0.15, 0.2) is 23.0 Å². The van der Waals surface area contributed by atoms with Gasteiger partial charge in [0.2, 0.25) is 5.91 Å². The molecule has 0 atom stereocenters. The zero-order chi connectivity index (χ0) is 21.6. The number of anilines is 1. The van der Waals surface area contributed by atoms with Crippen LogP contribution >= 0.6 is 11.3 Å². The van der Waals surface area contributed by atoms with E-state index in [1.165, 1.54) is 21.6 Å². The van der Waals surface area contributed by atoms with Crippen molar-refractivity contribution in [3.63, 3.8) is 0 Å². The molecule has 3 aromatic rings. The van der Waals surface area contributed by atoms with Crippen molar-refractivity contribution in [3.8, 4) is 0 Å². The molecule has 1 amide bonds. The molecule has 2 heterocycles. The molecule has 2 aromatic heterocycles. The number of nitro benzene ring substituents is 1. The third-order valence-corrected chi connectivity index (χ3v) is 6.56. The second-order valence-corrected chi connectivity index (χ2v) is 8.94. The molecule has 30 heavy (non-hydrogen) atoms. The van der Waals surface area contributed by atoms with E-state index >= 15 is 0 Å². The number of hydrogen-bond donors (Lipinski definition) is 1. The van der Waals surface area contributed by atoms with E-state index in [-0.39, 0.29) is 23.7 Å². The van der Waals surface area contributed by atoms with Gasteiger partial charge in [-0.2, -0.15) is 0 Å². The van der Waals surface area contributed by atoms with E-state index < -0.39 is 10.8 Å². The molecule has 156 valence electrons. The Morgan fingerprint density at radius 2 is 2.13 bits per heavy atom. The van der Waals surface area contributed by atoms with Crippen molar-refractivity contribution in [1.29, 1.82) is 0 Å². The highest BCUT2D eigenvalue weighted by Gasteiger charge is 2.24. The summed E-state index contributed by atoms with van der Waals surface area (Å²) in [5, 5.41) is 14.4. The number of amides is 1. The van der Waals surface area contributed by atoms with Gasteiger partial charge in [0.25, 0.3) is 11.2 Å². The Morgan fingerprint density at radius 3 is 2.83 bits per heavy atom. The van der Waals surface area contributed by atoms with E-state index in [9.17, 15) is 19.7 Å². The van der Waals surface area contributed by atoms with Gasteiger partial charge in [-0.3, -0.25) is 24.3 Å². The van der Waals surface area contributed by atoms with Crippen LogP contribution in [0, 0.1) is 17.0 Å². The van der Waals surface area contributed by atoms with Gasteiger partial charge in [0.05, 0.1) is 16.0 Å². The Labute approximate surface area is 176 Å². The largest absolute Gasteiger partial charge is 0.324 e. The first-order chi connectivity index (χ1) is 14.3. The normalized spacial score (nSPS) is 13.1. The molecule has 1 aromatic carbocycles. The lowest BCUT2D eigenvalue weighted by molar-refractivity contribution is -0.384. The van der Waals surface area contributed by atoms with Gasteiger partial charge in [0.15, 0.2) is 0 Å². The zero-order valence-corrected chi connectivity index (χ0v) is 17.8. The maximum atomic E-state index is 13.3. The lowest BCUT2D eigenvalue weighted by atomic mass is 10.1. The third kappa shape index (κ3) is 3.49. The van der Waals surface area contributed by atoms with Crippen molar-refractivity contribution in [2.45, 2.75) is 52.5 Å². The first-order valence-corrected chi connectivity index (χ1v) is 10.7. The summed E-state index contributed by atoms with van der Waals surface area (Å²) in [6, 6.07) is 4.30. The molecule has 0 saturated heterocycles. The fourth-order valence-corrected chi connectivity index (χ4v) is 5.14. The Hall–Kier alpha value is -3.07. The number of nitrogens with zero attached hydrogens (tertiary/aromatic N) is 3. The van der Waals surface area contributed by atoms with E-state index in [1.807, 2.05) is 13.8 Å². The van der Waals surface area contributed by atoms with E-state index in [1.54, 1.807) is 24.3 Å². The summed E-state index contributed by atoms with van der Waals surface area (Å²) in [6.45, 7) is 5.44. The average Bonchev–Trinajstić information content (AvgIpc) is 3.26. The first kappa shape index (κ1) is 20.2. The lowest BCUT2D eigenvalue weighted by Crippen LogP contribution is -2.31. The van der Waals surface area contributed by atoms with Crippen molar-refractivity contribution in [3.05, 3.63) is 60.5 Å². The van der Waals surface area contributed by atoms with E-state index in [4.69, 9.17) is 4.98 Å². The molecule has 1 aliphatic carbocycles. The van der Waals surface area contributed by atoms with Gasteiger partial charge in [-0.1, -0.05) is 19.9 Å². The Morgan fingerprint density at radius 1 is 1.37 bits per heavy atom. The number of carbonyl (C=O) groups is 1. The molecule has 1 aliphatic rings. The van der Waals surface area contributed by atoms with Gasteiger partial charge in [0, 0.05) is 22.9 Å². The van der Waals surface area contributed by atoms with Gasteiger partial charge in [0.1, 0.15) is 17.2 Å². The van der Waals surface area contributed by atoms with Gasteiger partial charge in [-0.25, -0.2) is 4.98 Å². The van der Waals surface area contributed by atoms with Crippen LogP contribution in [-0.4, -0.2) is 20.4 Å². The number of non-ortho nitro benzene ring substituents is 1. The summed E-state index contributed by atoms with van der Waals surface area (Å²) in [5.74, 6) is 0.111. The minimum Gasteiger partial charge on any atom is -0.324 e. The predicted molar refractivity (Wildman–Crippen MR) is 116 cm³/mol. The molecule has 0 fully saturated rings. The number of rotatable bonds is 5. The van der Waals surface area contributed by atoms with Crippen molar-refractivity contribution < 1.29 is 9.72 Å². The summed E-state index contributed by atoms with van der Waals surface area (Å²) in [4.78, 5) is 43.3. The van der Waals surface area contributed by atoms with Crippen molar-refractivity contribution >= 4 is 38.8 Å².